The average Bonchev–Trinajstić information content (AvgIpc) is 3.23. The maximum absolute atomic E-state index is 11.9. The third-order valence-corrected chi connectivity index (χ3v) is 4.08. The second-order valence-electron chi connectivity index (χ2n) is 5.63. The van der Waals surface area contributed by atoms with Gasteiger partial charge in [0.1, 0.15) is 5.76 Å². The smallest absolute Gasteiger partial charge is 0.220 e. The molecule has 4 nitrogen and oxygen atoms in total. The van der Waals surface area contributed by atoms with E-state index in [0.29, 0.717) is 25.3 Å². The van der Waals surface area contributed by atoms with Crippen molar-refractivity contribution in [1.29, 1.82) is 0 Å². The lowest BCUT2D eigenvalue weighted by molar-refractivity contribution is -0.121. The largest absolute Gasteiger partial charge is 0.469 e. The molecule has 2 aromatic rings. The second-order valence-corrected chi connectivity index (χ2v) is 5.63. The zero-order valence-electron chi connectivity index (χ0n) is 12.5. The number of benzene rings is 1. The first-order valence-electron chi connectivity index (χ1n) is 7.78. The van der Waals surface area contributed by atoms with Crippen LogP contribution in [0, 0.1) is 5.92 Å². The Hall–Kier alpha value is -2.07. The second kappa shape index (κ2) is 7.27. The number of nitrogens with one attached hydrogen (secondary N) is 1. The molecule has 0 unspecified atom stereocenters. The minimum atomic E-state index is 0.0649. The molecule has 22 heavy (non-hydrogen) atoms. The van der Waals surface area contributed by atoms with Crippen LogP contribution in [0.3, 0.4) is 0 Å². The molecule has 2 heterocycles. The average molecular weight is 299 g/mol. The molecule has 0 aliphatic carbocycles. The first-order valence-corrected chi connectivity index (χ1v) is 7.78. The van der Waals surface area contributed by atoms with Crippen LogP contribution in [-0.2, 0) is 16.0 Å². The van der Waals surface area contributed by atoms with Crippen molar-refractivity contribution >= 4 is 5.91 Å². The molecule has 116 valence electrons. The summed E-state index contributed by atoms with van der Waals surface area (Å²) in [6, 6.07) is 14.0. The van der Waals surface area contributed by atoms with Crippen molar-refractivity contribution in [2.24, 2.45) is 5.92 Å². The number of rotatable bonds is 6. The van der Waals surface area contributed by atoms with Gasteiger partial charge in [-0.2, -0.15) is 0 Å². The van der Waals surface area contributed by atoms with Crippen LogP contribution in [0.1, 0.15) is 30.3 Å². The molecule has 0 saturated carbocycles. The van der Waals surface area contributed by atoms with Crippen LogP contribution in [0.5, 0.6) is 0 Å². The van der Waals surface area contributed by atoms with E-state index in [4.69, 9.17) is 9.15 Å². The van der Waals surface area contributed by atoms with Crippen molar-refractivity contribution < 1.29 is 13.9 Å². The van der Waals surface area contributed by atoms with Gasteiger partial charge >= 0.3 is 0 Å². The van der Waals surface area contributed by atoms with E-state index < -0.39 is 0 Å². The zero-order chi connectivity index (χ0) is 15.2. The van der Waals surface area contributed by atoms with Crippen LogP contribution >= 0.6 is 0 Å². The molecule has 3 rings (SSSR count). The molecule has 1 saturated heterocycles. The molecule has 1 aliphatic heterocycles. The van der Waals surface area contributed by atoms with Gasteiger partial charge in [-0.3, -0.25) is 4.79 Å². The first kappa shape index (κ1) is 14.9. The number of amides is 1. The number of hydrogen-bond donors (Lipinski definition) is 1. The number of carbonyl (C=O) groups excluding carboxylic acids is 1. The monoisotopic (exact) mass is 299 g/mol. The third-order valence-electron chi connectivity index (χ3n) is 4.08. The molecule has 0 radical (unpaired) electrons. The highest BCUT2D eigenvalue weighted by Gasteiger charge is 2.29. The Labute approximate surface area is 130 Å². The van der Waals surface area contributed by atoms with Crippen molar-refractivity contribution in [1.82, 2.24) is 5.32 Å². The van der Waals surface area contributed by atoms with Gasteiger partial charge in [0.05, 0.1) is 12.4 Å². The van der Waals surface area contributed by atoms with Crippen molar-refractivity contribution in [2.75, 3.05) is 13.2 Å². The Kier molecular flexibility index (Phi) is 4.91. The van der Waals surface area contributed by atoms with Crippen molar-refractivity contribution in [3.05, 3.63) is 60.1 Å². The Morgan fingerprint density at radius 3 is 2.82 bits per heavy atom. The van der Waals surface area contributed by atoms with Crippen LogP contribution in [0.15, 0.2) is 53.1 Å². The fourth-order valence-electron chi connectivity index (χ4n) is 2.88. The summed E-state index contributed by atoms with van der Waals surface area (Å²) in [6.07, 6.45) is 3.80. The van der Waals surface area contributed by atoms with Gasteiger partial charge in [0.25, 0.3) is 0 Å². The summed E-state index contributed by atoms with van der Waals surface area (Å²) in [5.74, 6) is 1.26. The van der Waals surface area contributed by atoms with Gasteiger partial charge < -0.3 is 14.5 Å². The van der Waals surface area contributed by atoms with E-state index >= 15 is 0 Å². The molecule has 1 fully saturated rings. The lowest BCUT2D eigenvalue weighted by atomic mass is 9.95. The third kappa shape index (κ3) is 3.77. The van der Waals surface area contributed by atoms with Gasteiger partial charge in [-0.25, -0.2) is 0 Å². The van der Waals surface area contributed by atoms with E-state index in [-0.39, 0.29) is 12.0 Å². The zero-order valence-corrected chi connectivity index (χ0v) is 12.5. The Morgan fingerprint density at radius 2 is 2.05 bits per heavy atom. The molecule has 4 heteroatoms. The minimum absolute atomic E-state index is 0.0649. The minimum Gasteiger partial charge on any atom is -0.469 e. The van der Waals surface area contributed by atoms with Gasteiger partial charge in [-0.15, -0.1) is 0 Å². The van der Waals surface area contributed by atoms with Gasteiger partial charge in [-0.1, -0.05) is 30.3 Å². The van der Waals surface area contributed by atoms with Crippen LogP contribution in [-0.4, -0.2) is 19.1 Å². The number of carbonyl (C=O) groups is 1. The standard InChI is InChI=1S/C18H21NO3/c20-17(9-8-16-7-4-11-21-16)19-13-15-10-12-22-18(15)14-5-2-1-3-6-14/h1-7,11,15,18H,8-10,12-13H2,(H,19,20)/t15-,18-/m1/s1. The summed E-state index contributed by atoms with van der Waals surface area (Å²) >= 11 is 0. The molecule has 1 aromatic heterocycles. The molecular formula is C18H21NO3. The van der Waals surface area contributed by atoms with E-state index in [0.717, 1.165) is 18.8 Å². The van der Waals surface area contributed by atoms with Gasteiger partial charge in [0.2, 0.25) is 5.91 Å². The summed E-state index contributed by atoms with van der Waals surface area (Å²) in [5, 5.41) is 3.03. The van der Waals surface area contributed by atoms with Crippen LogP contribution < -0.4 is 5.32 Å². The Balaban J connectivity index is 1.47. The van der Waals surface area contributed by atoms with Crippen LogP contribution in [0.2, 0.25) is 0 Å². The summed E-state index contributed by atoms with van der Waals surface area (Å²) in [7, 11) is 0. The maximum atomic E-state index is 11.9. The molecular weight excluding hydrogens is 278 g/mol. The molecule has 0 bridgehead atoms. The Morgan fingerprint density at radius 1 is 1.18 bits per heavy atom. The maximum Gasteiger partial charge on any atom is 0.220 e. The highest BCUT2D eigenvalue weighted by molar-refractivity contribution is 5.76. The van der Waals surface area contributed by atoms with E-state index in [1.165, 1.54) is 5.56 Å². The lowest BCUT2D eigenvalue weighted by Crippen LogP contribution is -2.30. The number of ether oxygens (including phenoxy) is 1. The molecule has 0 spiro atoms. The van der Waals surface area contributed by atoms with Gasteiger partial charge in [0.15, 0.2) is 0 Å². The molecule has 1 aliphatic rings. The highest BCUT2D eigenvalue weighted by atomic mass is 16.5. The normalized spacial score (nSPS) is 20.9. The fourth-order valence-corrected chi connectivity index (χ4v) is 2.88. The predicted octanol–water partition coefficient (Wildman–Crippen LogP) is 3.11. The number of aryl methyl sites for hydroxylation is 1. The number of furan rings is 1. The number of hydrogen-bond acceptors (Lipinski definition) is 3. The summed E-state index contributed by atoms with van der Waals surface area (Å²) in [6.45, 7) is 1.42. The fraction of sp³-hybridized carbons (Fsp3) is 0.389. The molecule has 1 N–H and O–H groups in total. The van der Waals surface area contributed by atoms with Gasteiger partial charge in [0, 0.05) is 31.9 Å². The van der Waals surface area contributed by atoms with Gasteiger partial charge in [-0.05, 0) is 24.1 Å². The molecule has 1 aromatic carbocycles. The summed E-state index contributed by atoms with van der Waals surface area (Å²) in [5.41, 5.74) is 1.19. The predicted molar refractivity (Wildman–Crippen MR) is 83.3 cm³/mol. The summed E-state index contributed by atoms with van der Waals surface area (Å²) in [4.78, 5) is 11.9. The van der Waals surface area contributed by atoms with Crippen molar-refractivity contribution in [3.63, 3.8) is 0 Å². The van der Waals surface area contributed by atoms with Crippen LogP contribution in [0.25, 0.3) is 0 Å². The van der Waals surface area contributed by atoms with E-state index in [1.807, 2.05) is 30.3 Å². The lowest BCUT2D eigenvalue weighted by Gasteiger charge is -2.19. The molecule has 1 amide bonds. The quantitative estimate of drug-likeness (QED) is 0.891. The topological polar surface area (TPSA) is 51.5 Å². The first-order chi connectivity index (χ1) is 10.8. The van der Waals surface area contributed by atoms with Crippen molar-refractivity contribution in [3.8, 4) is 0 Å². The van der Waals surface area contributed by atoms with E-state index in [1.54, 1.807) is 6.26 Å². The summed E-state index contributed by atoms with van der Waals surface area (Å²) < 4.78 is 11.1. The van der Waals surface area contributed by atoms with E-state index in [9.17, 15) is 4.79 Å². The molecule has 2 atom stereocenters. The highest BCUT2D eigenvalue weighted by Crippen LogP contribution is 2.33. The Bertz CT molecular complexity index is 580. The van der Waals surface area contributed by atoms with Crippen LogP contribution in [0.4, 0.5) is 0 Å². The van der Waals surface area contributed by atoms with Crippen molar-refractivity contribution in [2.45, 2.75) is 25.4 Å². The van der Waals surface area contributed by atoms with E-state index in [2.05, 4.69) is 17.4 Å². The SMILES string of the molecule is O=C(CCc1ccco1)NC[C@H]1CCO[C@@H]1c1ccccc1.